The van der Waals surface area contributed by atoms with Crippen molar-refractivity contribution < 1.29 is 26.2 Å². The minimum absolute atomic E-state index is 0. The van der Waals surface area contributed by atoms with E-state index < -0.39 is 0 Å². The van der Waals surface area contributed by atoms with Crippen molar-refractivity contribution in [2.45, 2.75) is 52.4 Å². The van der Waals surface area contributed by atoms with Crippen LogP contribution in [0.25, 0.3) is 21.9 Å². The van der Waals surface area contributed by atoms with E-state index >= 15 is 0 Å². The molecule has 3 aromatic carbocycles. The molecule has 3 aromatic rings. The molecule has 0 aliphatic heterocycles. The molecule has 1 heteroatoms. The summed E-state index contributed by atoms with van der Waals surface area (Å²) in [5, 5.41) is 2.81. The standard InChI is InChI=1S/C24H27.Zr/c1-3-18-9-11-20(12-10-18)22-8-6-7-21-15-19(16-23(21)22)17-24(2)13-4-5-14-24;/h6-12,15-16H,3-5,13-14,17H2,1-2H3;/q-1;. The Morgan fingerprint density at radius 3 is 2.40 bits per heavy atom. The van der Waals surface area contributed by atoms with Crippen LogP contribution in [0.15, 0.2) is 54.6 Å². The number of benzene rings is 2. The third-order valence-corrected chi connectivity index (χ3v) is 5.93. The summed E-state index contributed by atoms with van der Waals surface area (Å²) in [6.45, 7) is 4.69. The summed E-state index contributed by atoms with van der Waals surface area (Å²) >= 11 is 0. The summed E-state index contributed by atoms with van der Waals surface area (Å²) in [5.74, 6) is 0. The number of rotatable bonds is 4. The average Bonchev–Trinajstić information content (AvgIpc) is 3.20. The molecule has 0 aromatic heterocycles. The third-order valence-electron chi connectivity index (χ3n) is 5.93. The number of hydrogen-bond acceptors (Lipinski definition) is 0. The third kappa shape index (κ3) is 3.87. The monoisotopic (exact) mass is 405 g/mol. The Bertz CT molecular complexity index is 832. The van der Waals surface area contributed by atoms with Gasteiger partial charge in [-0.1, -0.05) is 62.6 Å². The van der Waals surface area contributed by atoms with Gasteiger partial charge in [0.15, 0.2) is 0 Å². The van der Waals surface area contributed by atoms with E-state index in [4.69, 9.17) is 0 Å². The van der Waals surface area contributed by atoms with Gasteiger partial charge in [-0.25, -0.2) is 0 Å². The molecule has 4 rings (SSSR count). The number of aryl methyl sites for hydroxylation is 1. The van der Waals surface area contributed by atoms with Crippen LogP contribution in [-0.2, 0) is 39.0 Å². The average molecular weight is 407 g/mol. The van der Waals surface area contributed by atoms with E-state index in [-0.39, 0.29) is 26.2 Å². The minimum atomic E-state index is 0. The van der Waals surface area contributed by atoms with Gasteiger partial charge in [0, 0.05) is 26.2 Å². The van der Waals surface area contributed by atoms with Crippen molar-refractivity contribution in [2.75, 3.05) is 0 Å². The molecule has 0 nitrogen and oxygen atoms in total. The zero-order valence-corrected chi connectivity index (χ0v) is 17.9. The Kier molecular flexibility index (Phi) is 5.74. The maximum Gasteiger partial charge on any atom is 0 e. The van der Waals surface area contributed by atoms with E-state index in [1.54, 1.807) is 0 Å². The fourth-order valence-electron chi connectivity index (χ4n) is 4.47. The van der Waals surface area contributed by atoms with Gasteiger partial charge in [-0.2, -0.15) is 6.07 Å². The van der Waals surface area contributed by atoms with Crippen LogP contribution in [0.3, 0.4) is 0 Å². The van der Waals surface area contributed by atoms with Crippen LogP contribution in [0, 0.1) is 5.41 Å². The topological polar surface area (TPSA) is 0 Å². The predicted molar refractivity (Wildman–Crippen MR) is 105 cm³/mol. The van der Waals surface area contributed by atoms with Crippen LogP contribution in [0.4, 0.5) is 0 Å². The van der Waals surface area contributed by atoms with Gasteiger partial charge in [0.25, 0.3) is 0 Å². The first kappa shape index (κ1) is 18.7. The van der Waals surface area contributed by atoms with Crippen molar-refractivity contribution in [3.05, 3.63) is 65.7 Å². The van der Waals surface area contributed by atoms with Crippen molar-refractivity contribution in [3.8, 4) is 11.1 Å². The summed E-state index contributed by atoms with van der Waals surface area (Å²) in [5.41, 5.74) is 6.16. The van der Waals surface area contributed by atoms with Crippen LogP contribution in [-0.4, -0.2) is 0 Å². The van der Waals surface area contributed by atoms with Crippen molar-refractivity contribution in [3.63, 3.8) is 0 Å². The maximum atomic E-state index is 2.47. The van der Waals surface area contributed by atoms with Crippen LogP contribution < -0.4 is 0 Å². The van der Waals surface area contributed by atoms with Crippen molar-refractivity contribution in [1.29, 1.82) is 0 Å². The van der Waals surface area contributed by atoms with Gasteiger partial charge in [-0.15, -0.1) is 34.5 Å². The van der Waals surface area contributed by atoms with Crippen molar-refractivity contribution in [2.24, 2.45) is 5.41 Å². The number of fused-ring (bicyclic) bond motifs is 1. The summed E-state index contributed by atoms with van der Waals surface area (Å²) in [4.78, 5) is 0. The zero-order valence-electron chi connectivity index (χ0n) is 15.4. The Morgan fingerprint density at radius 2 is 1.72 bits per heavy atom. The Morgan fingerprint density at radius 1 is 1.00 bits per heavy atom. The smallest absolute Gasteiger partial charge is 0 e. The summed E-state index contributed by atoms with van der Waals surface area (Å²) in [6, 6.07) is 20.7. The molecule has 128 valence electrons. The second kappa shape index (κ2) is 7.67. The molecule has 0 heterocycles. The molecule has 0 saturated heterocycles. The predicted octanol–water partition coefficient (Wildman–Crippen LogP) is 6.91. The van der Waals surface area contributed by atoms with E-state index in [2.05, 4.69) is 68.4 Å². The minimum Gasteiger partial charge on any atom is -0.164 e. The van der Waals surface area contributed by atoms with Crippen LogP contribution in [0.2, 0.25) is 0 Å². The molecule has 1 aliphatic rings. The molecule has 1 aliphatic carbocycles. The normalized spacial score (nSPS) is 16.1. The van der Waals surface area contributed by atoms with Gasteiger partial charge in [-0.3, -0.25) is 0 Å². The van der Waals surface area contributed by atoms with Gasteiger partial charge in [0.2, 0.25) is 0 Å². The van der Waals surface area contributed by atoms with E-state index in [9.17, 15) is 0 Å². The molecule has 0 unspecified atom stereocenters. The molecule has 0 N–H and O–H groups in total. The SMILES string of the molecule is CCc1ccc(-c2cccc3[cH-]c(CC4(C)CCCC4)cc23)cc1.[Zr]. The second-order valence-corrected chi connectivity index (χ2v) is 7.92. The summed E-state index contributed by atoms with van der Waals surface area (Å²) in [6.07, 6.45) is 7.93. The molecule has 0 amide bonds. The largest absolute Gasteiger partial charge is 0.164 e. The number of hydrogen-bond donors (Lipinski definition) is 0. The molecular formula is C24H27Zr-. The Balaban J connectivity index is 0.00000182. The first-order valence-electron chi connectivity index (χ1n) is 9.44. The maximum absolute atomic E-state index is 2.47. The molecule has 0 atom stereocenters. The van der Waals surface area contributed by atoms with Gasteiger partial charge in [0.05, 0.1) is 0 Å². The fraction of sp³-hybridized carbons (Fsp3) is 0.375. The van der Waals surface area contributed by atoms with E-state index in [0.717, 1.165) is 6.42 Å². The first-order chi connectivity index (χ1) is 11.7. The van der Waals surface area contributed by atoms with E-state index in [0.29, 0.717) is 5.41 Å². The second-order valence-electron chi connectivity index (χ2n) is 7.92. The summed E-state index contributed by atoms with van der Waals surface area (Å²) in [7, 11) is 0. The first-order valence-corrected chi connectivity index (χ1v) is 9.44. The summed E-state index contributed by atoms with van der Waals surface area (Å²) < 4.78 is 0. The molecule has 0 radical (unpaired) electrons. The Labute approximate surface area is 171 Å². The van der Waals surface area contributed by atoms with E-state index in [1.165, 1.54) is 65.1 Å². The molecule has 1 saturated carbocycles. The molecule has 1 fully saturated rings. The molecule has 0 spiro atoms. The molecule has 0 bridgehead atoms. The van der Waals surface area contributed by atoms with Gasteiger partial charge >= 0.3 is 0 Å². The van der Waals surface area contributed by atoms with Crippen molar-refractivity contribution in [1.82, 2.24) is 0 Å². The van der Waals surface area contributed by atoms with Gasteiger partial charge in [-0.05, 0) is 42.2 Å². The van der Waals surface area contributed by atoms with Crippen LogP contribution in [0.1, 0.15) is 50.7 Å². The van der Waals surface area contributed by atoms with Crippen LogP contribution in [0.5, 0.6) is 0 Å². The zero-order chi connectivity index (χ0) is 16.6. The molecular weight excluding hydrogens is 379 g/mol. The quantitative estimate of drug-likeness (QED) is 0.413. The van der Waals surface area contributed by atoms with E-state index in [1.807, 2.05) is 0 Å². The fourth-order valence-corrected chi connectivity index (χ4v) is 4.47. The molecule has 25 heavy (non-hydrogen) atoms. The Hall–Kier alpha value is -1.07. The van der Waals surface area contributed by atoms with Crippen LogP contribution >= 0.6 is 0 Å². The van der Waals surface area contributed by atoms with Crippen molar-refractivity contribution >= 4 is 10.8 Å². The van der Waals surface area contributed by atoms with Gasteiger partial charge in [0.1, 0.15) is 0 Å². The van der Waals surface area contributed by atoms with Gasteiger partial charge < -0.3 is 0 Å².